The highest BCUT2D eigenvalue weighted by molar-refractivity contribution is 7.80. The molecule has 0 unspecified atom stereocenters. The molecule has 28 heavy (non-hydrogen) atoms. The van der Waals surface area contributed by atoms with Crippen LogP contribution in [0.4, 0.5) is 5.00 Å². The summed E-state index contributed by atoms with van der Waals surface area (Å²) in [5.41, 5.74) is 2.00. The smallest absolute Gasteiger partial charge is 0.257 e. The van der Waals surface area contributed by atoms with Crippen molar-refractivity contribution in [3.05, 3.63) is 33.7 Å². The summed E-state index contributed by atoms with van der Waals surface area (Å²) in [5.74, 6) is 0.702. The Morgan fingerprint density at radius 3 is 2.43 bits per heavy atom. The molecule has 146 valence electrons. The number of rotatable bonds is 5. The Bertz CT molecular complexity index is 953. The molecule has 0 radical (unpaired) electrons. The zero-order valence-corrected chi connectivity index (χ0v) is 17.3. The first-order chi connectivity index (χ1) is 13.5. The van der Waals surface area contributed by atoms with E-state index in [9.17, 15) is 10.1 Å². The Balaban J connectivity index is 1.77. The van der Waals surface area contributed by atoms with Crippen molar-refractivity contribution in [1.82, 2.24) is 5.32 Å². The fourth-order valence-electron chi connectivity index (χ4n) is 3.13. The van der Waals surface area contributed by atoms with E-state index < -0.39 is 5.91 Å². The quantitative estimate of drug-likeness (QED) is 0.722. The number of methoxy groups -OCH3 is 3. The molecule has 1 heterocycles. The van der Waals surface area contributed by atoms with E-state index in [4.69, 9.17) is 26.4 Å². The van der Waals surface area contributed by atoms with Gasteiger partial charge in [-0.1, -0.05) is 0 Å². The van der Waals surface area contributed by atoms with Gasteiger partial charge < -0.3 is 19.5 Å². The number of hydrogen-bond acceptors (Lipinski definition) is 7. The summed E-state index contributed by atoms with van der Waals surface area (Å²) in [6, 6.07) is 5.32. The lowest BCUT2D eigenvalue weighted by atomic mass is 10.1. The largest absolute Gasteiger partial charge is 0.493 e. The number of fused-ring (bicyclic) bond motifs is 1. The fraction of sp³-hybridized carbons (Fsp3) is 0.316. The predicted octanol–water partition coefficient (Wildman–Crippen LogP) is 3.26. The average Bonchev–Trinajstić information content (AvgIpc) is 3.26. The molecule has 2 aromatic rings. The van der Waals surface area contributed by atoms with Gasteiger partial charge in [0.1, 0.15) is 11.1 Å². The van der Waals surface area contributed by atoms with Crippen molar-refractivity contribution < 1.29 is 19.0 Å². The lowest BCUT2D eigenvalue weighted by molar-refractivity contribution is 0.0977. The molecule has 0 bridgehead atoms. The number of ether oxygens (including phenoxy) is 3. The molecule has 0 saturated carbocycles. The first-order valence-electron chi connectivity index (χ1n) is 8.49. The highest BCUT2D eigenvalue weighted by Gasteiger charge is 2.23. The van der Waals surface area contributed by atoms with Crippen LogP contribution < -0.4 is 24.8 Å². The minimum Gasteiger partial charge on any atom is -0.493 e. The van der Waals surface area contributed by atoms with Crippen molar-refractivity contribution in [3.63, 3.8) is 0 Å². The number of nitriles is 1. The summed E-state index contributed by atoms with van der Waals surface area (Å²) in [6.07, 6.45) is 2.94. The van der Waals surface area contributed by atoms with Crippen LogP contribution in [0.1, 0.15) is 32.8 Å². The van der Waals surface area contributed by atoms with Crippen molar-refractivity contribution in [2.24, 2.45) is 0 Å². The van der Waals surface area contributed by atoms with Gasteiger partial charge in [0.2, 0.25) is 5.75 Å². The number of carbonyl (C=O) groups excluding carboxylic acids is 1. The molecule has 1 aromatic heterocycles. The van der Waals surface area contributed by atoms with Gasteiger partial charge in [-0.3, -0.25) is 10.1 Å². The summed E-state index contributed by atoms with van der Waals surface area (Å²) in [7, 11) is 4.44. The number of aryl methyl sites for hydroxylation is 1. The number of amides is 1. The van der Waals surface area contributed by atoms with E-state index in [0.29, 0.717) is 33.4 Å². The van der Waals surface area contributed by atoms with Crippen LogP contribution in [0.25, 0.3) is 0 Å². The molecule has 7 nitrogen and oxygen atoms in total. The maximum absolute atomic E-state index is 12.6. The summed E-state index contributed by atoms with van der Waals surface area (Å²) >= 11 is 6.78. The van der Waals surface area contributed by atoms with Crippen molar-refractivity contribution in [1.29, 1.82) is 5.26 Å². The highest BCUT2D eigenvalue weighted by Crippen LogP contribution is 2.39. The number of hydrogen-bond donors (Lipinski definition) is 2. The Kier molecular flexibility index (Phi) is 6.02. The molecule has 1 amide bonds. The van der Waals surface area contributed by atoms with E-state index in [1.165, 1.54) is 37.5 Å². The normalized spacial score (nSPS) is 11.9. The monoisotopic (exact) mass is 417 g/mol. The highest BCUT2D eigenvalue weighted by atomic mass is 32.1. The van der Waals surface area contributed by atoms with E-state index in [-0.39, 0.29) is 5.11 Å². The minimum atomic E-state index is -0.431. The van der Waals surface area contributed by atoms with Crippen LogP contribution >= 0.6 is 23.6 Å². The van der Waals surface area contributed by atoms with E-state index in [0.717, 1.165) is 24.8 Å². The van der Waals surface area contributed by atoms with E-state index in [2.05, 4.69) is 16.7 Å². The third-order valence-electron chi connectivity index (χ3n) is 4.41. The lowest BCUT2D eigenvalue weighted by Crippen LogP contribution is -2.34. The standard InChI is InChI=1S/C19H19N3O4S2/c1-24-13-7-10(8-14(25-2)16(13)26-3)17(23)21-19(27)22-18-12(9-20)11-5-4-6-15(11)28-18/h7-8H,4-6H2,1-3H3,(H2,21,22,23,27). The van der Waals surface area contributed by atoms with Crippen molar-refractivity contribution >= 4 is 39.6 Å². The van der Waals surface area contributed by atoms with Gasteiger partial charge in [-0.25, -0.2) is 0 Å². The molecule has 0 aliphatic heterocycles. The van der Waals surface area contributed by atoms with Crippen molar-refractivity contribution in [3.8, 4) is 23.3 Å². The van der Waals surface area contributed by atoms with Crippen molar-refractivity contribution in [2.45, 2.75) is 19.3 Å². The Morgan fingerprint density at radius 2 is 1.86 bits per heavy atom. The van der Waals surface area contributed by atoms with Gasteiger partial charge in [-0.15, -0.1) is 11.3 Å². The first kappa shape index (κ1) is 19.9. The topological polar surface area (TPSA) is 92.6 Å². The molecule has 0 atom stereocenters. The van der Waals surface area contributed by atoms with Gasteiger partial charge in [0, 0.05) is 10.4 Å². The zero-order valence-electron chi connectivity index (χ0n) is 15.7. The number of benzene rings is 1. The second-order valence-electron chi connectivity index (χ2n) is 6.00. The number of carbonyl (C=O) groups is 1. The van der Waals surface area contributed by atoms with Crippen LogP contribution in [0.5, 0.6) is 17.2 Å². The first-order valence-corrected chi connectivity index (χ1v) is 9.71. The molecule has 1 aromatic carbocycles. The van der Waals surface area contributed by atoms with Gasteiger partial charge in [0.25, 0.3) is 5.91 Å². The molecular formula is C19H19N3O4S2. The Labute approximate surface area is 172 Å². The van der Waals surface area contributed by atoms with E-state index in [1.54, 1.807) is 12.1 Å². The van der Waals surface area contributed by atoms with Crippen LogP contribution in [0.2, 0.25) is 0 Å². The van der Waals surface area contributed by atoms with Crippen molar-refractivity contribution in [2.75, 3.05) is 26.6 Å². The summed E-state index contributed by atoms with van der Waals surface area (Å²) in [6.45, 7) is 0. The van der Waals surface area contributed by atoms with E-state index >= 15 is 0 Å². The van der Waals surface area contributed by atoms with Gasteiger partial charge in [0.15, 0.2) is 16.6 Å². The van der Waals surface area contributed by atoms with Crippen LogP contribution in [0, 0.1) is 11.3 Å². The predicted molar refractivity (Wildman–Crippen MR) is 111 cm³/mol. The number of thiocarbonyl (C=S) groups is 1. The third-order valence-corrected chi connectivity index (χ3v) is 5.83. The van der Waals surface area contributed by atoms with Crippen LogP contribution in [-0.2, 0) is 12.8 Å². The molecule has 0 spiro atoms. The minimum absolute atomic E-state index is 0.121. The number of anilines is 1. The Morgan fingerprint density at radius 1 is 1.18 bits per heavy atom. The maximum Gasteiger partial charge on any atom is 0.257 e. The summed E-state index contributed by atoms with van der Waals surface area (Å²) in [5, 5.41) is 15.9. The molecule has 9 heteroatoms. The lowest BCUT2D eigenvalue weighted by Gasteiger charge is -2.14. The number of nitrogens with zero attached hydrogens (tertiary/aromatic N) is 1. The van der Waals surface area contributed by atoms with Crippen LogP contribution in [0.15, 0.2) is 12.1 Å². The molecule has 1 aliphatic rings. The zero-order chi connectivity index (χ0) is 20.3. The van der Waals surface area contributed by atoms with Gasteiger partial charge >= 0.3 is 0 Å². The SMILES string of the molecule is COc1cc(C(=O)NC(=S)Nc2sc3c(c2C#N)CCC3)cc(OC)c1OC. The van der Waals surface area contributed by atoms with Gasteiger partial charge in [-0.2, -0.15) is 5.26 Å². The molecule has 0 saturated heterocycles. The molecule has 2 N–H and O–H groups in total. The van der Waals surface area contributed by atoms with Gasteiger partial charge in [-0.05, 0) is 49.2 Å². The third kappa shape index (κ3) is 3.74. The summed E-state index contributed by atoms with van der Waals surface area (Å²) < 4.78 is 15.8. The van der Waals surface area contributed by atoms with Crippen LogP contribution in [0.3, 0.4) is 0 Å². The number of thiophene rings is 1. The fourth-order valence-corrected chi connectivity index (χ4v) is 4.64. The summed E-state index contributed by atoms with van der Waals surface area (Å²) in [4.78, 5) is 13.8. The molecule has 1 aliphatic carbocycles. The van der Waals surface area contributed by atoms with E-state index in [1.807, 2.05) is 0 Å². The van der Waals surface area contributed by atoms with Crippen LogP contribution in [-0.4, -0.2) is 32.3 Å². The molecule has 0 fully saturated rings. The molecule has 3 rings (SSSR count). The maximum atomic E-state index is 12.6. The number of nitrogens with one attached hydrogen (secondary N) is 2. The molecular weight excluding hydrogens is 398 g/mol. The second-order valence-corrected chi connectivity index (χ2v) is 7.51. The average molecular weight is 418 g/mol. The second kappa shape index (κ2) is 8.46. The Hall–Kier alpha value is -2.83. The van der Waals surface area contributed by atoms with Gasteiger partial charge in [0.05, 0.1) is 26.9 Å².